The van der Waals surface area contributed by atoms with Gasteiger partial charge in [-0.3, -0.25) is 0 Å². The third-order valence-corrected chi connectivity index (χ3v) is 2.76. The van der Waals surface area contributed by atoms with Gasteiger partial charge in [-0.2, -0.15) is 0 Å². The minimum absolute atomic E-state index is 0.157. The zero-order valence-corrected chi connectivity index (χ0v) is 11.4. The third kappa shape index (κ3) is 2.27. The van der Waals surface area contributed by atoms with Crippen molar-refractivity contribution in [3.05, 3.63) is 22.6 Å². The molecule has 1 rings (SSSR count). The van der Waals surface area contributed by atoms with E-state index in [-0.39, 0.29) is 10.8 Å². The summed E-state index contributed by atoms with van der Waals surface area (Å²) in [5.74, 6) is 2.15. The molecule has 0 N–H and O–H groups in total. The van der Waals surface area contributed by atoms with Gasteiger partial charge in [-0.15, -0.1) is 0 Å². The van der Waals surface area contributed by atoms with Crippen molar-refractivity contribution in [3.8, 4) is 0 Å². The predicted octanol–water partition coefficient (Wildman–Crippen LogP) is 4.49. The summed E-state index contributed by atoms with van der Waals surface area (Å²) in [5, 5.41) is 0. The number of hydrogen-bond donors (Lipinski definition) is 0. The minimum atomic E-state index is 0.157. The zero-order valence-electron chi connectivity index (χ0n) is 11.4. The summed E-state index contributed by atoms with van der Waals surface area (Å²) in [5.41, 5.74) is 3.08. The van der Waals surface area contributed by atoms with E-state index < -0.39 is 0 Å². The molecule has 0 aliphatic heterocycles. The van der Waals surface area contributed by atoms with Crippen LogP contribution in [0.1, 0.15) is 64.2 Å². The predicted molar refractivity (Wildman–Crippen MR) is 65.6 cm³/mol. The van der Waals surface area contributed by atoms with E-state index in [4.69, 9.17) is 4.42 Å². The summed E-state index contributed by atoms with van der Waals surface area (Å²) in [4.78, 5) is 0. The fourth-order valence-corrected chi connectivity index (χ4v) is 2.49. The Balaban J connectivity index is 3.51. The van der Waals surface area contributed by atoms with Gasteiger partial charge in [0.2, 0.25) is 0 Å². The van der Waals surface area contributed by atoms with E-state index in [9.17, 15) is 0 Å². The second-order valence-corrected chi connectivity index (χ2v) is 6.46. The highest BCUT2D eigenvalue weighted by molar-refractivity contribution is 5.42. The van der Waals surface area contributed by atoms with Gasteiger partial charge in [-0.25, -0.2) is 0 Å². The highest BCUT2D eigenvalue weighted by Crippen LogP contribution is 2.39. The smallest absolute Gasteiger partial charge is 0.105 e. The van der Waals surface area contributed by atoms with Crippen molar-refractivity contribution >= 4 is 0 Å². The summed E-state index contributed by atoms with van der Waals surface area (Å²) in [6.07, 6.45) is 0. The molecule has 0 atom stereocenters. The van der Waals surface area contributed by atoms with E-state index in [2.05, 4.69) is 55.4 Å². The molecule has 1 aromatic heterocycles. The van der Waals surface area contributed by atoms with Crippen LogP contribution in [0.4, 0.5) is 0 Å². The molecule has 0 saturated heterocycles. The van der Waals surface area contributed by atoms with Crippen LogP contribution < -0.4 is 0 Å². The first kappa shape index (κ1) is 12.4. The van der Waals surface area contributed by atoms with Gasteiger partial charge in [-0.05, 0) is 24.7 Å². The average Bonchev–Trinajstić information content (AvgIpc) is 2.22. The fraction of sp³-hybridized carbons (Fsp3) is 0.714. The molecule has 0 spiro atoms. The zero-order chi connectivity index (χ0) is 12.0. The Bertz CT molecular complexity index is 321. The van der Waals surface area contributed by atoms with Crippen LogP contribution in [0, 0.1) is 13.8 Å². The molecule has 1 heterocycles. The maximum absolute atomic E-state index is 5.80. The van der Waals surface area contributed by atoms with Gasteiger partial charge in [-0.1, -0.05) is 41.5 Å². The molecule has 15 heavy (non-hydrogen) atoms. The lowest BCUT2D eigenvalue weighted by atomic mass is 9.75. The van der Waals surface area contributed by atoms with E-state index in [1.165, 1.54) is 11.1 Å². The standard InChI is InChI=1S/C14H24O/c1-9-11(13(3,4)5)12(10(2)15-9)14(6,7)8/h1-8H3. The Morgan fingerprint density at radius 2 is 0.933 bits per heavy atom. The van der Waals surface area contributed by atoms with Crippen LogP contribution in [0.15, 0.2) is 4.42 Å². The lowest BCUT2D eigenvalue weighted by Gasteiger charge is -2.27. The van der Waals surface area contributed by atoms with E-state index in [1.807, 2.05) is 0 Å². The minimum Gasteiger partial charge on any atom is -0.466 e. The Morgan fingerprint density at radius 1 is 0.667 bits per heavy atom. The van der Waals surface area contributed by atoms with E-state index in [0.29, 0.717) is 0 Å². The van der Waals surface area contributed by atoms with E-state index >= 15 is 0 Å². The van der Waals surface area contributed by atoms with Gasteiger partial charge in [0.15, 0.2) is 0 Å². The number of furan rings is 1. The average molecular weight is 208 g/mol. The van der Waals surface area contributed by atoms with Crippen molar-refractivity contribution in [2.45, 2.75) is 66.2 Å². The second kappa shape index (κ2) is 3.40. The molecule has 0 aliphatic rings. The van der Waals surface area contributed by atoms with Crippen LogP contribution in [-0.4, -0.2) is 0 Å². The Morgan fingerprint density at radius 3 is 1.13 bits per heavy atom. The summed E-state index contributed by atoms with van der Waals surface area (Å²) >= 11 is 0. The van der Waals surface area contributed by atoms with E-state index in [0.717, 1.165) is 11.5 Å². The number of aryl methyl sites for hydroxylation is 2. The first-order chi connectivity index (χ1) is 6.55. The molecule has 0 amide bonds. The summed E-state index contributed by atoms with van der Waals surface area (Å²) in [6, 6.07) is 0. The molecule has 0 saturated carbocycles. The maximum atomic E-state index is 5.80. The van der Waals surface area contributed by atoms with Crippen LogP contribution in [0.25, 0.3) is 0 Å². The lowest BCUT2D eigenvalue weighted by molar-refractivity contribution is 0.482. The van der Waals surface area contributed by atoms with Crippen LogP contribution in [0.5, 0.6) is 0 Å². The van der Waals surface area contributed by atoms with Crippen LogP contribution >= 0.6 is 0 Å². The third-order valence-electron chi connectivity index (χ3n) is 2.76. The van der Waals surface area contributed by atoms with Crippen molar-refractivity contribution in [1.29, 1.82) is 0 Å². The van der Waals surface area contributed by atoms with Crippen LogP contribution in [0.3, 0.4) is 0 Å². The Kier molecular flexibility index (Phi) is 2.80. The van der Waals surface area contributed by atoms with Crippen LogP contribution in [0.2, 0.25) is 0 Å². The molecular formula is C14H24O. The second-order valence-electron chi connectivity index (χ2n) is 6.46. The van der Waals surface area contributed by atoms with Gasteiger partial charge in [0.25, 0.3) is 0 Å². The SMILES string of the molecule is Cc1oc(C)c(C(C)(C)C)c1C(C)(C)C. The van der Waals surface area contributed by atoms with Crippen molar-refractivity contribution in [3.63, 3.8) is 0 Å². The molecule has 0 aromatic carbocycles. The first-order valence-corrected chi connectivity index (χ1v) is 5.66. The first-order valence-electron chi connectivity index (χ1n) is 5.66. The molecule has 0 bridgehead atoms. The van der Waals surface area contributed by atoms with Crippen molar-refractivity contribution in [2.24, 2.45) is 0 Å². The Labute approximate surface area is 93.9 Å². The summed E-state index contributed by atoms with van der Waals surface area (Å²) < 4.78 is 5.80. The van der Waals surface area contributed by atoms with Gasteiger partial charge < -0.3 is 4.42 Å². The highest BCUT2D eigenvalue weighted by Gasteiger charge is 2.31. The summed E-state index contributed by atoms with van der Waals surface area (Å²) in [7, 11) is 0. The molecule has 1 aromatic rings. The lowest BCUT2D eigenvalue weighted by Crippen LogP contribution is -2.21. The fourth-order valence-electron chi connectivity index (χ4n) is 2.49. The molecule has 1 heteroatoms. The summed E-state index contributed by atoms with van der Waals surface area (Å²) in [6.45, 7) is 17.6. The molecule has 0 aliphatic carbocycles. The number of hydrogen-bond acceptors (Lipinski definition) is 1. The molecule has 86 valence electrons. The molecule has 0 fully saturated rings. The molecule has 0 unspecified atom stereocenters. The maximum Gasteiger partial charge on any atom is 0.105 e. The van der Waals surface area contributed by atoms with Crippen LogP contribution in [-0.2, 0) is 10.8 Å². The molecular weight excluding hydrogens is 184 g/mol. The van der Waals surface area contributed by atoms with Crippen molar-refractivity contribution in [1.82, 2.24) is 0 Å². The largest absolute Gasteiger partial charge is 0.466 e. The quantitative estimate of drug-likeness (QED) is 0.612. The normalized spacial score (nSPS) is 13.3. The van der Waals surface area contributed by atoms with Crippen molar-refractivity contribution < 1.29 is 4.42 Å². The topological polar surface area (TPSA) is 13.1 Å². The van der Waals surface area contributed by atoms with E-state index in [1.54, 1.807) is 0 Å². The van der Waals surface area contributed by atoms with Gasteiger partial charge >= 0.3 is 0 Å². The molecule has 0 radical (unpaired) electrons. The molecule has 1 nitrogen and oxygen atoms in total. The number of rotatable bonds is 0. The highest BCUT2D eigenvalue weighted by atomic mass is 16.3. The monoisotopic (exact) mass is 208 g/mol. The Hall–Kier alpha value is -0.720. The van der Waals surface area contributed by atoms with Gasteiger partial charge in [0, 0.05) is 11.1 Å². The van der Waals surface area contributed by atoms with Gasteiger partial charge in [0.05, 0.1) is 0 Å². The van der Waals surface area contributed by atoms with Gasteiger partial charge in [0.1, 0.15) is 11.5 Å². The van der Waals surface area contributed by atoms with Crippen molar-refractivity contribution in [2.75, 3.05) is 0 Å².